The Kier molecular flexibility index (Phi) is 8.12. The standard InChI is InChI=1S/C29H36N4O5/c1-37-23-7-4-6-21(20-23)27(34)30-22-11-13-31(14-12-22)25-9-3-2-8-24(25)28(35)32-15-17-33(18-16-32)29(36)26-10-5-19-38-26/h2-4,6-9,20,22,26H,5,10-19H2,1H3,(H,30,34). The molecule has 0 aliphatic carbocycles. The number of benzene rings is 2. The van der Waals surface area contributed by atoms with E-state index in [1.165, 1.54) is 0 Å². The van der Waals surface area contributed by atoms with Crippen molar-refractivity contribution in [1.82, 2.24) is 15.1 Å². The Morgan fingerprint density at radius 2 is 1.63 bits per heavy atom. The number of methoxy groups -OCH3 is 1. The van der Waals surface area contributed by atoms with Crippen molar-refractivity contribution in [3.8, 4) is 5.75 Å². The number of nitrogens with zero attached hydrogens (tertiary/aromatic N) is 3. The quantitative estimate of drug-likeness (QED) is 0.630. The molecule has 2 aromatic rings. The third kappa shape index (κ3) is 5.78. The first-order valence-corrected chi connectivity index (χ1v) is 13.5. The molecule has 3 amide bonds. The molecule has 2 aromatic carbocycles. The molecular formula is C29H36N4O5. The predicted molar refractivity (Wildman–Crippen MR) is 144 cm³/mol. The van der Waals surface area contributed by atoms with E-state index in [9.17, 15) is 14.4 Å². The van der Waals surface area contributed by atoms with E-state index in [0.29, 0.717) is 49.7 Å². The Morgan fingerprint density at radius 3 is 2.34 bits per heavy atom. The molecule has 0 bridgehead atoms. The number of hydrogen-bond acceptors (Lipinski definition) is 6. The van der Waals surface area contributed by atoms with Crippen LogP contribution in [0.4, 0.5) is 5.69 Å². The molecule has 0 saturated carbocycles. The van der Waals surface area contributed by atoms with Crippen LogP contribution < -0.4 is 15.0 Å². The molecule has 38 heavy (non-hydrogen) atoms. The van der Waals surface area contributed by atoms with Crippen molar-refractivity contribution >= 4 is 23.4 Å². The molecule has 5 rings (SSSR count). The van der Waals surface area contributed by atoms with Gasteiger partial charge in [-0.25, -0.2) is 0 Å². The number of piperazine rings is 1. The third-order valence-corrected chi connectivity index (χ3v) is 7.72. The van der Waals surface area contributed by atoms with Crippen molar-refractivity contribution in [3.05, 3.63) is 59.7 Å². The van der Waals surface area contributed by atoms with Gasteiger partial charge in [0.15, 0.2) is 0 Å². The first-order chi connectivity index (χ1) is 18.5. The summed E-state index contributed by atoms with van der Waals surface area (Å²) >= 11 is 0. The van der Waals surface area contributed by atoms with Crippen molar-refractivity contribution < 1.29 is 23.9 Å². The van der Waals surface area contributed by atoms with Gasteiger partial charge in [-0.05, 0) is 56.0 Å². The number of ether oxygens (including phenoxy) is 2. The zero-order valence-corrected chi connectivity index (χ0v) is 21.9. The average molecular weight is 521 g/mol. The molecule has 202 valence electrons. The van der Waals surface area contributed by atoms with Gasteiger partial charge in [-0.1, -0.05) is 18.2 Å². The Labute approximate surface area is 223 Å². The summed E-state index contributed by atoms with van der Waals surface area (Å²) in [5.74, 6) is 0.606. The Bertz CT molecular complexity index is 1150. The minimum absolute atomic E-state index is 0.00161. The predicted octanol–water partition coefficient (Wildman–Crippen LogP) is 2.56. The fraction of sp³-hybridized carbons (Fsp3) is 0.483. The van der Waals surface area contributed by atoms with E-state index in [2.05, 4.69) is 10.2 Å². The molecule has 0 aromatic heterocycles. The maximum Gasteiger partial charge on any atom is 0.256 e. The number of para-hydroxylation sites is 1. The second-order valence-electron chi connectivity index (χ2n) is 10.1. The molecule has 0 radical (unpaired) electrons. The summed E-state index contributed by atoms with van der Waals surface area (Å²) in [5, 5.41) is 3.14. The van der Waals surface area contributed by atoms with Crippen LogP contribution in [0.25, 0.3) is 0 Å². The van der Waals surface area contributed by atoms with E-state index in [1.54, 1.807) is 19.2 Å². The lowest BCUT2D eigenvalue weighted by atomic mass is 10.0. The van der Waals surface area contributed by atoms with Crippen LogP contribution in [-0.4, -0.2) is 92.7 Å². The van der Waals surface area contributed by atoms with Gasteiger partial charge in [0, 0.05) is 63.2 Å². The van der Waals surface area contributed by atoms with Gasteiger partial charge in [0.05, 0.1) is 12.7 Å². The zero-order chi connectivity index (χ0) is 26.5. The van der Waals surface area contributed by atoms with Crippen LogP contribution in [0.1, 0.15) is 46.4 Å². The van der Waals surface area contributed by atoms with Crippen LogP contribution in [0.3, 0.4) is 0 Å². The maximum atomic E-state index is 13.5. The second-order valence-corrected chi connectivity index (χ2v) is 10.1. The molecule has 3 aliphatic rings. The first-order valence-electron chi connectivity index (χ1n) is 13.5. The topological polar surface area (TPSA) is 91.4 Å². The average Bonchev–Trinajstić information content (AvgIpc) is 3.52. The van der Waals surface area contributed by atoms with E-state index < -0.39 is 0 Å². The Hall–Kier alpha value is -3.59. The molecular weight excluding hydrogens is 484 g/mol. The minimum Gasteiger partial charge on any atom is -0.497 e. The highest BCUT2D eigenvalue weighted by atomic mass is 16.5. The number of amides is 3. The van der Waals surface area contributed by atoms with Gasteiger partial charge in [-0.15, -0.1) is 0 Å². The largest absolute Gasteiger partial charge is 0.497 e. The summed E-state index contributed by atoms with van der Waals surface area (Å²) in [5.41, 5.74) is 2.19. The van der Waals surface area contributed by atoms with E-state index in [-0.39, 0.29) is 29.9 Å². The van der Waals surface area contributed by atoms with Crippen LogP contribution >= 0.6 is 0 Å². The molecule has 1 unspecified atom stereocenters. The summed E-state index contributed by atoms with van der Waals surface area (Å²) < 4.78 is 10.8. The fourth-order valence-corrected chi connectivity index (χ4v) is 5.50. The smallest absolute Gasteiger partial charge is 0.256 e. The Balaban J connectivity index is 1.16. The minimum atomic E-state index is -0.318. The highest BCUT2D eigenvalue weighted by Gasteiger charge is 2.32. The lowest BCUT2D eigenvalue weighted by molar-refractivity contribution is -0.142. The fourth-order valence-electron chi connectivity index (χ4n) is 5.50. The number of carbonyl (C=O) groups is 3. The summed E-state index contributed by atoms with van der Waals surface area (Å²) in [6, 6.07) is 15.0. The van der Waals surface area contributed by atoms with Crippen molar-refractivity contribution in [1.29, 1.82) is 0 Å². The van der Waals surface area contributed by atoms with Crippen LogP contribution in [-0.2, 0) is 9.53 Å². The molecule has 1 N–H and O–H groups in total. The molecule has 1 atom stereocenters. The van der Waals surface area contributed by atoms with Crippen molar-refractivity contribution in [2.75, 3.05) is 57.9 Å². The molecule has 3 fully saturated rings. The van der Waals surface area contributed by atoms with Gasteiger partial charge < -0.3 is 29.5 Å². The second kappa shape index (κ2) is 11.9. The van der Waals surface area contributed by atoms with Crippen LogP contribution in [0.2, 0.25) is 0 Å². The molecule has 9 heteroatoms. The lowest BCUT2D eigenvalue weighted by Gasteiger charge is -2.37. The maximum absolute atomic E-state index is 13.5. The Morgan fingerprint density at radius 1 is 0.895 bits per heavy atom. The molecule has 0 spiro atoms. The number of piperidine rings is 1. The number of rotatable bonds is 6. The van der Waals surface area contributed by atoms with Crippen LogP contribution in [0.15, 0.2) is 48.5 Å². The van der Waals surface area contributed by atoms with Gasteiger partial charge in [-0.2, -0.15) is 0 Å². The summed E-state index contributed by atoms with van der Waals surface area (Å²) in [6.45, 7) is 4.25. The number of anilines is 1. The van der Waals surface area contributed by atoms with E-state index >= 15 is 0 Å². The number of nitrogens with one attached hydrogen (secondary N) is 1. The van der Waals surface area contributed by atoms with Gasteiger partial charge in [0.25, 0.3) is 17.7 Å². The van der Waals surface area contributed by atoms with Gasteiger partial charge in [-0.3, -0.25) is 14.4 Å². The monoisotopic (exact) mass is 520 g/mol. The van der Waals surface area contributed by atoms with Gasteiger partial charge >= 0.3 is 0 Å². The van der Waals surface area contributed by atoms with E-state index in [1.807, 2.05) is 46.2 Å². The molecule has 9 nitrogen and oxygen atoms in total. The SMILES string of the molecule is COc1cccc(C(=O)NC2CCN(c3ccccc3C(=O)N3CCN(C(=O)C4CCCO4)CC3)CC2)c1. The summed E-state index contributed by atoms with van der Waals surface area (Å²) in [4.78, 5) is 44.8. The molecule has 3 heterocycles. The van der Waals surface area contributed by atoms with Crippen LogP contribution in [0.5, 0.6) is 5.75 Å². The third-order valence-electron chi connectivity index (χ3n) is 7.72. The molecule has 3 aliphatic heterocycles. The number of carbonyl (C=O) groups excluding carboxylic acids is 3. The first kappa shape index (κ1) is 26.0. The summed E-state index contributed by atoms with van der Waals surface area (Å²) in [6.07, 6.45) is 2.98. The van der Waals surface area contributed by atoms with Crippen LogP contribution in [0, 0.1) is 0 Å². The normalized spacial score (nSPS) is 20.3. The van der Waals surface area contributed by atoms with E-state index in [4.69, 9.17) is 9.47 Å². The highest BCUT2D eigenvalue weighted by Crippen LogP contribution is 2.26. The van der Waals surface area contributed by atoms with Gasteiger partial charge in [0.2, 0.25) is 0 Å². The number of hydrogen-bond donors (Lipinski definition) is 1. The van der Waals surface area contributed by atoms with Crippen molar-refractivity contribution in [2.45, 2.75) is 37.8 Å². The lowest BCUT2D eigenvalue weighted by Crippen LogP contribution is -2.53. The highest BCUT2D eigenvalue weighted by molar-refractivity contribution is 6.00. The van der Waals surface area contributed by atoms with E-state index in [0.717, 1.165) is 44.5 Å². The molecule has 3 saturated heterocycles. The van der Waals surface area contributed by atoms with Crippen molar-refractivity contribution in [3.63, 3.8) is 0 Å². The van der Waals surface area contributed by atoms with Crippen molar-refractivity contribution in [2.24, 2.45) is 0 Å². The van der Waals surface area contributed by atoms with Gasteiger partial charge in [0.1, 0.15) is 11.9 Å². The summed E-state index contributed by atoms with van der Waals surface area (Å²) in [7, 11) is 1.59. The zero-order valence-electron chi connectivity index (χ0n) is 21.9.